The van der Waals surface area contributed by atoms with E-state index in [1.54, 1.807) is 0 Å². The van der Waals surface area contributed by atoms with Crippen molar-refractivity contribution in [2.75, 3.05) is 6.61 Å². The molecule has 0 radical (unpaired) electrons. The number of ether oxygens (including phenoxy) is 1. The van der Waals surface area contributed by atoms with Crippen molar-refractivity contribution in [1.29, 1.82) is 0 Å². The van der Waals surface area contributed by atoms with Crippen LogP contribution in [0.5, 0.6) is 5.75 Å². The van der Waals surface area contributed by atoms with Crippen LogP contribution in [-0.2, 0) is 0 Å². The number of furan rings is 1. The topological polar surface area (TPSA) is 48.4 Å². The maximum Gasteiger partial charge on any atom is 0.134 e. The molecule has 1 heterocycles. The Bertz CT molecular complexity index is 700. The molecule has 3 rings (SSSR count). The highest BCUT2D eigenvalue weighted by Crippen LogP contribution is 2.28. The molecule has 3 aromatic rings. The Morgan fingerprint density at radius 3 is 2.76 bits per heavy atom. The molecule has 1 aromatic heterocycles. The number of benzene rings is 2. The zero-order chi connectivity index (χ0) is 14.7. The number of hydrogen-bond donors (Lipinski definition) is 1. The highest BCUT2D eigenvalue weighted by Gasteiger charge is 2.14. The normalized spacial score (nSPS) is 12.5. The van der Waals surface area contributed by atoms with Gasteiger partial charge in [-0.05, 0) is 36.2 Å². The molecule has 0 aliphatic heterocycles. The van der Waals surface area contributed by atoms with Crippen molar-refractivity contribution in [3.8, 4) is 5.75 Å². The van der Waals surface area contributed by atoms with Crippen LogP contribution in [0.2, 0.25) is 0 Å². The molecule has 2 aromatic carbocycles. The number of para-hydroxylation sites is 1. The summed E-state index contributed by atoms with van der Waals surface area (Å²) in [5.41, 5.74) is 8.18. The summed E-state index contributed by atoms with van der Waals surface area (Å²) >= 11 is 0. The third-order valence-electron chi connectivity index (χ3n) is 3.44. The van der Waals surface area contributed by atoms with Crippen molar-refractivity contribution in [3.63, 3.8) is 0 Å². The number of nitrogens with two attached hydrogens (primary N) is 1. The molecule has 0 saturated carbocycles. The van der Waals surface area contributed by atoms with Crippen LogP contribution in [0.15, 0.2) is 59.0 Å². The molecule has 0 spiro atoms. The molecule has 0 aliphatic carbocycles. The van der Waals surface area contributed by atoms with Gasteiger partial charge in [-0.1, -0.05) is 37.3 Å². The van der Waals surface area contributed by atoms with E-state index in [1.807, 2.05) is 54.6 Å². The van der Waals surface area contributed by atoms with Gasteiger partial charge in [0.15, 0.2) is 0 Å². The van der Waals surface area contributed by atoms with Crippen molar-refractivity contribution in [3.05, 3.63) is 65.9 Å². The Morgan fingerprint density at radius 1 is 1.10 bits per heavy atom. The fraction of sp³-hybridized carbons (Fsp3) is 0.222. The predicted molar refractivity (Wildman–Crippen MR) is 84.5 cm³/mol. The standard InChI is InChI=1S/C18H19NO2/c1-2-10-20-15-8-5-7-14(11-15)18(19)17-12-13-6-3-4-9-16(13)21-17/h3-9,11-12,18H,2,10,19H2,1H3. The fourth-order valence-electron chi connectivity index (χ4n) is 2.34. The maximum atomic E-state index is 6.33. The SMILES string of the molecule is CCCOc1cccc(C(N)c2cc3ccccc3o2)c1. The number of fused-ring (bicyclic) bond motifs is 1. The van der Waals surface area contributed by atoms with Crippen molar-refractivity contribution >= 4 is 11.0 Å². The highest BCUT2D eigenvalue weighted by molar-refractivity contribution is 5.77. The molecule has 0 saturated heterocycles. The lowest BCUT2D eigenvalue weighted by atomic mass is 10.0. The van der Waals surface area contributed by atoms with Crippen LogP contribution in [0.25, 0.3) is 11.0 Å². The maximum absolute atomic E-state index is 6.33. The first-order valence-electron chi connectivity index (χ1n) is 7.24. The first kappa shape index (κ1) is 13.7. The van der Waals surface area contributed by atoms with E-state index in [0.29, 0.717) is 6.61 Å². The van der Waals surface area contributed by atoms with E-state index in [2.05, 4.69) is 6.92 Å². The van der Waals surface area contributed by atoms with Gasteiger partial charge in [0.1, 0.15) is 17.1 Å². The van der Waals surface area contributed by atoms with Crippen LogP contribution >= 0.6 is 0 Å². The van der Waals surface area contributed by atoms with Crippen LogP contribution in [0.3, 0.4) is 0 Å². The summed E-state index contributed by atoms with van der Waals surface area (Å²) in [5, 5.41) is 1.07. The summed E-state index contributed by atoms with van der Waals surface area (Å²) < 4.78 is 11.5. The van der Waals surface area contributed by atoms with Gasteiger partial charge in [0, 0.05) is 5.39 Å². The Balaban J connectivity index is 1.88. The molecule has 0 fully saturated rings. The van der Waals surface area contributed by atoms with Crippen molar-refractivity contribution in [2.45, 2.75) is 19.4 Å². The van der Waals surface area contributed by atoms with E-state index in [9.17, 15) is 0 Å². The van der Waals surface area contributed by atoms with Crippen LogP contribution in [0.4, 0.5) is 0 Å². The summed E-state index contributed by atoms with van der Waals surface area (Å²) in [6.45, 7) is 2.80. The quantitative estimate of drug-likeness (QED) is 0.759. The van der Waals surface area contributed by atoms with Gasteiger partial charge in [-0.15, -0.1) is 0 Å². The molecule has 108 valence electrons. The number of hydrogen-bond acceptors (Lipinski definition) is 3. The molecular formula is C18H19NO2. The van der Waals surface area contributed by atoms with Crippen LogP contribution < -0.4 is 10.5 Å². The van der Waals surface area contributed by atoms with Crippen LogP contribution in [-0.4, -0.2) is 6.61 Å². The molecule has 0 amide bonds. The van der Waals surface area contributed by atoms with Gasteiger partial charge in [0.2, 0.25) is 0 Å². The molecule has 0 bridgehead atoms. The average Bonchev–Trinajstić information content (AvgIpc) is 2.96. The first-order chi connectivity index (χ1) is 10.3. The smallest absolute Gasteiger partial charge is 0.134 e. The Kier molecular flexibility index (Phi) is 3.93. The minimum Gasteiger partial charge on any atom is -0.494 e. The second kappa shape index (κ2) is 6.02. The number of rotatable bonds is 5. The van der Waals surface area contributed by atoms with Crippen molar-refractivity contribution < 1.29 is 9.15 Å². The predicted octanol–water partition coefficient (Wildman–Crippen LogP) is 4.27. The van der Waals surface area contributed by atoms with Gasteiger partial charge < -0.3 is 14.9 Å². The Labute approximate surface area is 124 Å². The monoisotopic (exact) mass is 281 g/mol. The summed E-state index contributed by atoms with van der Waals surface area (Å²) in [4.78, 5) is 0. The van der Waals surface area contributed by atoms with Gasteiger partial charge >= 0.3 is 0 Å². The molecule has 1 unspecified atom stereocenters. The van der Waals surface area contributed by atoms with E-state index in [1.165, 1.54) is 0 Å². The van der Waals surface area contributed by atoms with E-state index >= 15 is 0 Å². The largest absolute Gasteiger partial charge is 0.494 e. The third kappa shape index (κ3) is 2.93. The molecule has 0 aliphatic rings. The Morgan fingerprint density at radius 2 is 1.95 bits per heavy atom. The van der Waals surface area contributed by atoms with Crippen LogP contribution in [0.1, 0.15) is 30.7 Å². The minimum absolute atomic E-state index is 0.289. The molecule has 21 heavy (non-hydrogen) atoms. The molecule has 2 N–H and O–H groups in total. The lowest BCUT2D eigenvalue weighted by Gasteiger charge is -2.11. The van der Waals surface area contributed by atoms with E-state index in [0.717, 1.165) is 34.5 Å². The molecule has 3 nitrogen and oxygen atoms in total. The highest BCUT2D eigenvalue weighted by atomic mass is 16.5. The summed E-state index contributed by atoms with van der Waals surface area (Å²) in [7, 11) is 0. The van der Waals surface area contributed by atoms with Crippen LogP contribution in [0, 0.1) is 0 Å². The van der Waals surface area contributed by atoms with Gasteiger partial charge in [-0.25, -0.2) is 0 Å². The molecule has 1 atom stereocenters. The van der Waals surface area contributed by atoms with E-state index < -0.39 is 0 Å². The average molecular weight is 281 g/mol. The third-order valence-corrected chi connectivity index (χ3v) is 3.44. The molecule has 3 heteroatoms. The zero-order valence-corrected chi connectivity index (χ0v) is 12.1. The zero-order valence-electron chi connectivity index (χ0n) is 12.1. The van der Waals surface area contributed by atoms with Crippen molar-refractivity contribution in [2.24, 2.45) is 5.73 Å². The fourth-order valence-corrected chi connectivity index (χ4v) is 2.34. The Hall–Kier alpha value is -2.26. The second-order valence-corrected chi connectivity index (χ2v) is 5.09. The van der Waals surface area contributed by atoms with Gasteiger partial charge in [0.25, 0.3) is 0 Å². The summed E-state index contributed by atoms with van der Waals surface area (Å²) in [5.74, 6) is 1.62. The minimum atomic E-state index is -0.289. The lowest BCUT2D eigenvalue weighted by Crippen LogP contribution is -2.11. The van der Waals surface area contributed by atoms with E-state index in [4.69, 9.17) is 14.9 Å². The first-order valence-corrected chi connectivity index (χ1v) is 7.24. The van der Waals surface area contributed by atoms with Gasteiger partial charge in [-0.2, -0.15) is 0 Å². The van der Waals surface area contributed by atoms with E-state index in [-0.39, 0.29) is 6.04 Å². The second-order valence-electron chi connectivity index (χ2n) is 5.09. The summed E-state index contributed by atoms with van der Waals surface area (Å²) in [6, 6.07) is 17.5. The van der Waals surface area contributed by atoms with Gasteiger partial charge in [-0.3, -0.25) is 0 Å². The molecular weight excluding hydrogens is 262 g/mol. The van der Waals surface area contributed by atoms with Gasteiger partial charge in [0.05, 0.1) is 12.6 Å². The lowest BCUT2D eigenvalue weighted by molar-refractivity contribution is 0.317. The van der Waals surface area contributed by atoms with Crippen molar-refractivity contribution in [1.82, 2.24) is 0 Å². The summed E-state index contributed by atoms with van der Waals surface area (Å²) in [6.07, 6.45) is 0.986.